The number of carbonyl (C=O) groups excluding carboxylic acids is 1. The number of dihydropyridines is 1. The van der Waals surface area contributed by atoms with E-state index in [9.17, 15) is 19.1 Å². The summed E-state index contributed by atoms with van der Waals surface area (Å²) in [6, 6.07) is 4.26. The van der Waals surface area contributed by atoms with Gasteiger partial charge in [-0.05, 0) is 19.9 Å². The van der Waals surface area contributed by atoms with E-state index in [4.69, 9.17) is 16.3 Å². The van der Waals surface area contributed by atoms with Crippen molar-refractivity contribution in [3.8, 4) is 0 Å². The van der Waals surface area contributed by atoms with E-state index in [0.717, 1.165) is 0 Å². The molecule has 0 saturated heterocycles. The Bertz CT molecular complexity index is 754. The van der Waals surface area contributed by atoms with Crippen LogP contribution >= 0.6 is 11.6 Å². The number of rotatable bonds is 3. The van der Waals surface area contributed by atoms with E-state index in [1.165, 1.54) is 25.3 Å². The van der Waals surface area contributed by atoms with Crippen LogP contribution in [0.2, 0.25) is 5.02 Å². The van der Waals surface area contributed by atoms with Crippen LogP contribution in [-0.4, -0.2) is 24.2 Å². The lowest BCUT2D eigenvalue weighted by Crippen LogP contribution is -2.32. The number of carbonyl (C=O) groups is 2. The van der Waals surface area contributed by atoms with Crippen LogP contribution in [-0.2, 0) is 14.3 Å². The number of aliphatic carboxylic acids is 1. The fourth-order valence-corrected chi connectivity index (χ4v) is 2.89. The topological polar surface area (TPSA) is 75.6 Å². The molecule has 7 heteroatoms. The minimum atomic E-state index is -1.26. The molecule has 0 spiro atoms. The predicted octanol–water partition coefficient (Wildman–Crippen LogP) is 2.97. The van der Waals surface area contributed by atoms with Crippen LogP contribution in [0.15, 0.2) is 40.7 Å². The van der Waals surface area contributed by atoms with E-state index < -0.39 is 23.7 Å². The molecule has 1 unspecified atom stereocenters. The van der Waals surface area contributed by atoms with E-state index in [1.54, 1.807) is 13.8 Å². The molecule has 2 rings (SSSR count). The Balaban J connectivity index is 2.77. The summed E-state index contributed by atoms with van der Waals surface area (Å²) in [5, 5.41) is 12.2. The van der Waals surface area contributed by atoms with Gasteiger partial charge in [0.25, 0.3) is 0 Å². The molecular formula is C16H15ClFNO4. The largest absolute Gasteiger partial charge is 0.478 e. The smallest absolute Gasteiger partial charge is 0.336 e. The lowest BCUT2D eigenvalue weighted by atomic mass is 9.80. The van der Waals surface area contributed by atoms with Gasteiger partial charge in [-0.15, -0.1) is 0 Å². The van der Waals surface area contributed by atoms with Crippen molar-refractivity contribution < 1.29 is 23.8 Å². The lowest BCUT2D eigenvalue weighted by molar-refractivity contribution is -0.136. The van der Waals surface area contributed by atoms with Crippen LogP contribution in [0.1, 0.15) is 25.3 Å². The molecule has 0 amide bonds. The fraction of sp³-hybridized carbons (Fsp3) is 0.250. The van der Waals surface area contributed by atoms with E-state index in [0.29, 0.717) is 11.4 Å². The number of hydrogen-bond donors (Lipinski definition) is 2. The van der Waals surface area contributed by atoms with Crippen molar-refractivity contribution in [2.24, 2.45) is 0 Å². The summed E-state index contributed by atoms with van der Waals surface area (Å²) >= 11 is 5.81. The van der Waals surface area contributed by atoms with Gasteiger partial charge in [0.1, 0.15) is 5.82 Å². The minimum absolute atomic E-state index is 0.00972. The summed E-state index contributed by atoms with van der Waals surface area (Å²) in [4.78, 5) is 23.8. The Morgan fingerprint density at radius 3 is 2.43 bits per heavy atom. The highest BCUT2D eigenvalue weighted by molar-refractivity contribution is 6.30. The first-order valence-electron chi connectivity index (χ1n) is 6.73. The number of benzene rings is 1. The van der Waals surface area contributed by atoms with Crippen molar-refractivity contribution >= 4 is 23.5 Å². The molecule has 0 saturated carbocycles. The average Bonchev–Trinajstić information content (AvgIpc) is 2.48. The fourth-order valence-electron chi connectivity index (χ4n) is 2.71. The number of nitrogens with one attached hydrogen (secondary N) is 1. The minimum Gasteiger partial charge on any atom is -0.478 e. The monoisotopic (exact) mass is 339 g/mol. The summed E-state index contributed by atoms with van der Waals surface area (Å²) in [5.74, 6) is -3.86. The maximum absolute atomic E-state index is 14.5. The summed E-state index contributed by atoms with van der Waals surface area (Å²) in [6.07, 6.45) is 0. The molecule has 0 bridgehead atoms. The van der Waals surface area contributed by atoms with Gasteiger partial charge < -0.3 is 15.2 Å². The van der Waals surface area contributed by atoms with Crippen molar-refractivity contribution in [1.82, 2.24) is 5.32 Å². The molecule has 0 aliphatic carbocycles. The zero-order valence-electron chi connectivity index (χ0n) is 12.7. The van der Waals surface area contributed by atoms with Gasteiger partial charge in [-0.3, -0.25) is 0 Å². The number of carboxylic acids is 1. The number of hydrogen-bond acceptors (Lipinski definition) is 4. The van der Waals surface area contributed by atoms with E-state index in [1.807, 2.05) is 0 Å². The zero-order chi connectivity index (χ0) is 17.3. The first-order valence-corrected chi connectivity index (χ1v) is 7.11. The molecule has 5 nitrogen and oxygen atoms in total. The van der Waals surface area contributed by atoms with E-state index >= 15 is 0 Å². The van der Waals surface area contributed by atoms with Gasteiger partial charge in [0.05, 0.1) is 29.2 Å². The lowest BCUT2D eigenvalue weighted by Gasteiger charge is -2.29. The summed E-state index contributed by atoms with van der Waals surface area (Å²) in [6.45, 7) is 3.15. The quantitative estimate of drug-likeness (QED) is 0.828. The van der Waals surface area contributed by atoms with Crippen LogP contribution in [0, 0.1) is 5.82 Å². The third kappa shape index (κ3) is 2.94. The molecule has 1 heterocycles. The Labute approximate surface area is 137 Å². The standard InChI is InChI=1S/C16H15ClFNO4/c1-7-11(15(20)21)13(9-5-4-6-10(17)14(9)18)12(8(2)19-7)16(22)23-3/h4-6,13,19H,1-3H3,(H,20,21). The van der Waals surface area contributed by atoms with Gasteiger partial charge >= 0.3 is 11.9 Å². The SMILES string of the molecule is COC(=O)C1=C(C)NC(C)=C(C(=O)O)C1c1cccc(Cl)c1F. The number of ether oxygens (including phenoxy) is 1. The third-order valence-corrected chi connectivity index (χ3v) is 3.98. The second kappa shape index (κ2) is 6.42. The summed E-state index contributed by atoms with van der Waals surface area (Å²) in [5.41, 5.74) is 0.653. The van der Waals surface area contributed by atoms with Crippen LogP contribution < -0.4 is 5.32 Å². The number of carboxylic acid groups (broad SMARTS) is 1. The Hall–Kier alpha value is -2.34. The molecule has 122 valence electrons. The first kappa shape index (κ1) is 17.0. The Kier molecular flexibility index (Phi) is 4.75. The molecule has 1 aliphatic rings. The maximum atomic E-state index is 14.5. The normalized spacial score (nSPS) is 17.9. The van der Waals surface area contributed by atoms with Crippen molar-refractivity contribution in [3.05, 3.63) is 57.1 Å². The Morgan fingerprint density at radius 1 is 1.26 bits per heavy atom. The van der Waals surface area contributed by atoms with Gasteiger partial charge in [-0.1, -0.05) is 23.7 Å². The van der Waals surface area contributed by atoms with Gasteiger partial charge in [-0.2, -0.15) is 0 Å². The second-order valence-corrected chi connectivity index (χ2v) is 5.48. The van der Waals surface area contributed by atoms with Crippen molar-refractivity contribution in [2.45, 2.75) is 19.8 Å². The summed E-state index contributed by atoms with van der Waals surface area (Å²) in [7, 11) is 1.18. The summed E-state index contributed by atoms with van der Waals surface area (Å²) < 4.78 is 19.2. The first-order chi connectivity index (χ1) is 10.8. The average molecular weight is 340 g/mol. The van der Waals surface area contributed by atoms with Crippen LogP contribution in [0.25, 0.3) is 0 Å². The van der Waals surface area contributed by atoms with Crippen LogP contribution in [0.4, 0.5) is 4.39 Å². The molecule has 0 fully saturated rings. The Morgan fingerprint density at radius 2 is 1.87 bits per heavy atom. The van der Waals surface area contributed by atoms with Gasteiger partial charge in [-0.25, -0.2) is 14.0 Å². The molecule has 23 heavy (non-hydrogen) atoms. The molecule has 1 aromatic carbocycles. The predicted molar refractivity (Wildman–Crippen MR) is 82.3 cm³/mol. The highest BCUT2D eigenvalue weighted by atomic mass is 35.5. The van der Waals surface area contributed by atoms with Crippen LogP contribution in [0.5, 0.6) is 0 Å². The molecule has 0 radical (unpaired) electrons. The number of methoxy groups -OCH3 is 1. The highest BCUT2D eigenvalue weighted by Crippen LogP contribution is 2.40. The van der Waals surface area contributed by atoms with E-state index in [2.05, 4.69) is 5.32 Å². The van der Waals surface area contributed by atoms with Crippen LogP contribution in [0.3, 0.4) is 0 Å². The number of esters is 1. The molecule has 2 N–H and O–H groups in total. The molecular weight excluding hydrogens is 325 g/mol. The number of allylic oxidation sites excluding steroid dienone is 2. The second-order valence-electron chi connectivity index (χ2n) is 5.08. The number of halogens is 2. The molecule has 0 aromatic heterocycles. The van der Waals surface area contributed by atoms with E-state index in [-0.39, 0.29) is 21.7 Å². The van der Waals surface area contributed by atoms with Crippen molar-refractivity contribution in [2.75, 3.05) is 7.11 Å². The maximum Gasteiger partial charge on any atom is 0.336 e. The highest BCUT2D eigenvalue weighted by Gasteiger charge is 2.38. The molecule has 1 atom stereocenters. The van der Waals surface area contributed by atoms with Gasteiger partial charge in [0.2, 0.25) is 0 Å². The molecule has 1 aliphatic heterocycles. The van der Waals surface area contributed by atoms with Crippen molar-refractivity contribution in [1.29, 1.82) is 0 Å². The van der Waals surface area contributed by atoms with Gasteiger partial charge in [0, 0.05) is 17.0 Å². The zero-order valence-corrected chi connectivity index (χ0v) is 13.5. The van der Waals surface area contributed by atoms with Crippen molar-refractivity contribution in [3.63, 3.8) is 0 Å². The molecule has 1 aromatic rings. The third-order valence-electron chi connectivity index (χ3n) is 3.69. The van der Waals surface area contributed by atoms with Gasteiger partial charge in [0.15, 0.2) is 0 Å².